The van der Waals surface area contributed by atoms with Crippen molar-refractivity contribution in [2.75, 3.05) is 39.2 Å². The highest BCUT2D eigenvalue weighted by Crippen LogP contribution is 2.25. The van der Waals surface area contributed by atoms with Crippen molar-refractivity contribution in [2.45, 2.75) is 11.3 Å². The van der Waals surface area contributed by atoms with Gasteiger partial charge in [-0.3, -0.25) is 0 Å². The molecule has 0 aliphatic carbocycles. The van der Waals surface area contributed by atoms with E-state index in [1.807, 2.05) is 0 Å². The molecular weight excluding hydrogens is 266 g/mol. The van der Waals surface area contributed by atoms with E-state index in [1.54, 1.807) is 20.2 Å². The second-order valence-corrected chi connectivity index (χ2v) is 6.54. The summed E-state index contributed by atoms with van der Waals surface area (Å²) in [7, 11) is -0.0751. The fraction of sp³-hybridized carbons (Fsp3) is 0.583. The first-order valence-electron chi connectivity index (χ1n) is 6.21. The van der Waals surface area contributed by atoms with Crippen LogP contribution >= 0.6 is 0 Å². The normalized spacial score (nSPS) is 20.6. The summed E-state index contributed by atoms with van der Waals surface area (Å²) in [6.07, 6.45) is 2.35. The lowest BCUT2D eigenvalue weighted by Gasteiger charge is -2.16. The number of ether oxygens (including phenoxy) is 1. The predicted molar refractivity (Wildman–Crippen MR) is 72.5 cm³/mol. The molecule has 0 aromatic carbocycles. The molecular formula is C12H19N3O3S. The molecule has 0 saturated carbocycles. The van der Waals surface area contributed by atoms with Gasteiger partial charge in [0.25, 0.3) is 0 Å². The zero-order valence-corrected chi connectivity index (χ0v) is 12.0. The second kappa shape index (κ2) is 5.85. The van der Waals surface area contributed by atoms with Crippen LogP contribution in [0, 0.1) is 5.92 Å². The van der Waals surface area contributed by atoms with Gasteiger partial charge in [0.15, 0.2) is 0 Å². The number of pyridine rings is 1. The molecule has 106 valence electrons. The maximum Gasteiger partial charge on any atom is 0.243 e. The molecule has 1 unspecified atom stereocenters. The lowest BCUT2D eigenvalue weighted by molar-refractivity contribution is 0.157. The van der Waals surface area contributed by atoms with Crippen LogP contribution in [0.5, 0.6) is 0 Å². The van der Waals surface area contributed by atoms with E-state index in [4.69, 9.17) is 4.74 Å². The minimum Gasteiger partial charge on any atom is -0.384 e. The van der Waals surface area contributed by atoms with Gasteiger partial charge in [0, 0.05) is 39.5 Å². The molecule has 0 bridgehead atoms. The highest BCUT2D eigenvalue weighted by molar-refractivity contribution is 7.89. The number of sulfonamides is 1. The summed E-state index contributed by atoms with van der Waals surface area (Å²) in [4.78, 5) is 4.31. The van der Waals surface area contributed by atoms with E-state index in [2.05, 4.69) is 10.3 Å². The number of methoxy groups -OCH3 is 1. The van der Waals surface area contributed by atoms with Gasteiger partial charge < -0.3 is 10.1 Å². The van der Waals surface area contributed by atoms with E-state index < -0.39 is 10.0 Å². The lowest BCUT2D eigenvalue weighted by Crippen LogP contribution is -2.29. The molecule has 7 heteroatoms. The van der Waals surface area contributed by atoms with Crippen LogP contribution in [-0.2, 0) is 14.8 Å². The fourth-order valence-electron chi connectivity index (χ4n) is 2.24. The highest BCUT2D eigenvalue weighted by Gasteiger charge is 2.32. The smallest absolute Gasteiger partial charge is 0.243 e. The zero-order chi connectivity index (χ0) is 13.9. The summed E-state index contributed by atoms with van der Waals surface area (Å²) >= 11 is 0. The Hall–Kier alpha value is -1.18. The van der Waals surface area contributed by atoms with Crippen LogP contribution < -0.4 is 5.32 Å². The fourth-order valence-corrected chi connectivity index (χ4v) is 3.79. The standard InChI is InChI=1S/C12H19N3O3S/c1-13-12-7-11(3-5-14-12)19(16,17)15-6-4-10(8-15)9-18-2/h3,5,7,10H,4,6,8-9H2,1-2H3,(H,13,14). The Labute approximate surface area is 113 Å². The summed E-state index contributed by atoms with van der Waals surface area (Å²) in [6, 6.07) is 3.08. The van der Waals surface area contributed by atoms with Crippen molar-refractivity contribution in [1.82, 2.24) is 9.29 Å². The van der Waals surface area contributed by atoms with Crippen molar-refractivity contribution in [3.63, 3.8) is 0 Å². The van der Waals surface area contributed by atoms with Gasteiger partial charge in [-0.25, -0.2) is 13.4 Å². The Bertz CT molecular complexity index is 533. The Morgan fingerprint density at radius 3 is 3.05 bits per heavy atom. The van der Waals surface area contributed by atoms with Gasteiger partial charge in [-0.1, -0.05) is 0 Å². The largest absolute Gasteiger partial charge is 0.384 e. The van der Waals surface area contributed by atoms with Crippen LogP contribution in [0.25, 0.3) is 0 Å². The van der Waals surface area contributed by atoms with Gasteiger partial charge in [0.2, 0.25) is 10.0 Å². The summed E-state index contributed by atoms with van der Waals surface area (Å²) in [6.45, 7) is 1.67. The van der Waals surface area contributed by atoms with Crippen LogP contribution in [0.1, 0.15) is 6.42 Å². The maximum absolute atomic E-state index is 12.5. The van der Waals surface area contributed by atoms with E-state index in [0.717, 1.165) is 6.42 Å². The quantitative estimate of drug-likeness (QED) is 0.865. The first-order chi connectivity index (χ1) is 9.07. The maximum atomic E-state index is 12.5. The molecule has 6 nitrogen and oxygen atoms in total. The van der Waals surface area contributed by atoms with Crippen molar-refractivity contribution in [1.29, 1.82) is 0 Å². The first kappa shape index (κ1) is 14.2. The van der Waals surface area contributed by atoms with E-state index in [1.165, 1.54) is 16.6 Å². The molecule has 2 rings (SSSR count). The van der Waals surface area contributed by atoms with E-state index >= 15 is 0 Å². The van der Waals surface area contributed by atoms with Crippen LogP contribution in [-0.4, -0.2) is 51.6 Å². The summed E-state index contributed by atoms with van der Waals surface area (Å²) in [5.41, 5.74) is 0. The molecule has 1 N–H and O–H groups in total. The Kier molecular flexibility index (Phi) is 4.38. The van der Waals surface area contributed by atoms with Gasteiger partial charge >= 0.3 is 0 Å². The van der Waals surface area contributed by atoms with E-state index in [0.29, 0.717) is 25.5 Å². The average molecular weight is 285 g/mol. The van der Waals surface area contributed by atoms with Crippen molar-refractivity contribution < 1.29 is 13.2 Å². The molecule has 0 amide bonds. The number of aromatic nitrogens is 1. The monoisotopic (exact) mass is 285 g/mol. The minimum absolute atomic E-state index is 0.282. The van der Waals surface area contributed by atoms with Gasteiger partial charge in [0.1, 0.15) is 5.82 Å². The third-order valence-corrected chi connectivity index (χ3v) is 5.14. The molecule has 1 aliphatic rings. The summed E-state index contributed by atoms with van der Waals surface area (Å²) in [5, 5.41) is 2.85. The summed E-state index contributed by atoms with van der Waals surface area (Å²) in [5.74, 6) is 0.832. The van der Waals surface area contributed by atoms with E-state index in [-0.39, 0.29) is 10.8 Å². The third kappa shape index (κ3) is 3.05. The van der Waals surface area contributed by atoms with Crippen LogP contribution in [0.2, 0.25) is 0 Å². The van der Waals surface area contributed by atoms with Crippen LogP contribution in [0.15, 0.2) is 23.2 Å². The Morgan fingerprint density at radius 1 is 1.58 bits per heavy atom. The van der Waals surface area contributed by atoms with Crippen molar-refractivity contribution in [3.05, 3.63) is 18.3 Å². The number of rotatable bonds is 5. The molecule has 1 aromatic heterocycles. The van der Waals surface area contributed by atoms with Gasteiger partial charge in [-0.2, -0.15) is 4.31 Å². The Morgan fingerprint density at radius 2 is 2.37 bits per heavy atom. The molecule has 2 heterocycles. The zero-order valence-electron chi connectivity index (χ0n) is 11.2. The van der Waals surface area contributed by atoms with Gasteiger partial charge in [0.05, 0.1) is 11.5 Å². The molecule has 19 heavy (non-hydrogen) atoms. The second-order valence-electron chi connectivity index (χ2n) is 4.60. The van der Waals surface area contributed by atoms with Crippen LogP contribution in [0.3, 0.4) is 0 Å². The predicted octanol–water partition coefficient (Wildman–Crippen LogP) is 0.780. The number of hydrogen-bond donors (Lipinski definition) is 1. The first-order valence-corrected chi connectivity index (χ1v) is 7.65. The molecule has 1 atom stereocenters. The lowest BCUT2D eigenvalue weighted by atomic mass is 10.1. The van der Waals surface area contributed by atoms with Crippen molar-refractivity contribution >= 4 is 15.8 Å². The molecule has 0 spiro atoms. The Balaban J connectivity index is 2.18. The SMILES string of the molecule is CNc1cc(S(=O)(=O)N2CCC(COC)C2)ccn1. The van der Waals surface area contributed by atoms with E-state index in [9.17, 15) is 8.42 Å². The highest BCUT2D eigenvalue weighted by atomic mass is 32.2. The number of nitrogens with one attached hydrogen (secondary N) is 1. The third-order valence-electron chi connectivity index (χ3n) is 3.28. The van der Waals surface area contributed by atoms with Crippen molar-refractivity contribution in [2.24, 2.45) is 5.92 Å². The molecule has 1 fully saturated rings. The number of nitrogens with zero attached hydrogens (tertiary/aromatic N) is 2. The molecule has 1 aliphatic heterocycles. The van der Waals surface area contributed by atoms with Crippen LogP contribution in [0.4, 0.5) is 5.82 Å². The number of hydrogen-bond acceptors (Lipinski definition) is 5. The molecule has 1 aromatic rings. The molecule has 1 saturated heterocycles. The average Bonchev–Trinajstić information content (AvgIpc) is 2.88. The molecule has 0 radical (unpaired) electrons. The van der Waals surface area contributed by atoms with Gasteiger partial charge in [-0.15, -0.1) is 0 Å². The topological polar surface area (TPSA) is 71.5 Å². The number of anilines is 1. The van der Waals surface area contributed by atoms with Crippen molar-refractivity contribution in [3.8, 4) is 0 Å². The van der Waals surface area contributed by atoms with Gasteiger partial charge in [-0.05, 0) is 18.4 Å². The minimum atomic E-state index is -3.42. The summed E-state index contributed by atoms with van der Waals surface area (Å²) < 4.78 is 31.6.